The zero-order valence-corrected chi connectivity index (χ0v) is 12.2. The number of benzene rings is 1. The van der Waals surface area contributed by atoms with Gasteiger partial charge in [-0.25, -0.2) is 4.68 Å². The maximum Gasteiger partial charge on any atom is 0.107 e. The molecule has 1 saturated carbocycles. The zero-order valence-electron chi connectivity index (χ0n) is 12.2. The monoisotopic (exact) mass is 270 g/mol. The number of nitrogens with zero attached hydrogens (tertiary/aromatic N) is 2. The van der Waals surface area contributed by atoms with E-state index in [1.165, 1.54) is 0 Å². The summed E-state index contributed by atoms with van der Waals surface area (Å²) in [5, 5.41) is 15.5. The zero-order chi connectivity index (χ0) is 14.2. The molecule has 1 heterocycles. The van der Waals surface area contributed by atoms with Crippen molar-refractivity contribution in [2.24, 2.45) is 11.8 Å². The Morgan fingerprint density at radius 2 is 1.90 bits per heavy atom. The lowest BCUT2D eigenvalue weighted by molar-refractivity contribution is -0.0388. The van der Waals surface area contributed by atoms with E-state index >= 15 is 0 Å². The van der Waals surface area contributed by atoms with Crippen LogP contribution in [0.1, 0.15) is 38.8 Å². The van der Waals surface area contributed by atoms with Crippen LogP contribution in [0.3, 0.4) is 0 Å². The van der Waals surface area contributed by atoms with E-state index in [1.54, 1.807) is 6.20 Å². The lowest BCUT2D eigenvalue weighted by Crippen LogP contribution is -2.37. The van der Waals surface area contributed by atoms with E-state index in [0.717, 1.165) is 30.6 Å². The molecule has 1 aliphatic rings. The van der Waals surface area contributed by atoms with Gasteiger partial charge in [-0.1, -0.05) is 32.0 Å². The first-order valence-electron chi connectivity index (χ1n) is 7.42. The van der Waals surface area contributed by atoms with Crippen molar-refractivity contribution >= 4 is 0 Å². The Kier molecular flexibility index (Phi) is 3.38. The molecule has 3 atom stereocenters. The molecule has 1 fully saturated rings. The molecule has 1 aromatic heterocycles. The van der Waals surface area contributed by atoms with Gasteiger partial charge in [0.2, 0.25) is 0 Å². The minimum Gasteiger partial charge on any atom is -0.384 e. The normalized spacial score (nSPS) is 30.4. The van der Waals surface area contributed by atoms with Gasteiger partial charge in [0.15, 0.2) is 0 Å². The second kappa shape index (κ2) is 5.06. The number of hydrogen-bond acceptors (Lipinski definition) is 2. The van der Waals surface area contributed by atoms with Crippen molar-refractivity contribution in [2.75, 3.05) is 0 Å². The highest BCUT2D eigenvalue weighted by Crippen LogP contribution is 2.42. The third kappa shape index (κ3) is 2.27. The fraction of sp³-hybridized carbons (Fsp3) is 0.471. The number of para-hydroxylation sites is 1. The molecule has 3 heteroatoms. The molecule has 0 saturated heterocycles. The topological polar surface area (TPSA) is 38.1 Å². The van der Waals surface area contributed by atoms with Crippen LogP contribution in [0.15, 0.2) is 42.6 Å². The molecule has 0 aliphatic heterocycles. The van der Waals surface area contributed by atoms with E-state index in [0.29, 0.717) is 11.8 Å². The first-order valence-corrected chi connectivity index (χ1v) is 7.42. The third-order valence-corrected chi connectivity index (χ3v) is 4.76. The summed E-state index contributed by atoms with van der Waals surface area (Å²) >= 11 is 0. The molecule has 0 bridgehead atoms. The quantitative estimate of drug-likeness (QED) is 0.906. The van der Waals surface area contributed by atoms with Crippen molar-refractivity contribution in [3.05, 3.63) is 48.3 Å². The van der Waals surface area contributed by atoms with Crippen molar-refractivity contribution in [1.82, 2.24) is 9.78 Å². The van der Waals surface area contributed by atoms with Gasteiger partial charge in [0.25, 0.3) is 0 Å². The molecule has 20 heavy (non-hydrogen) atoms. The van der Waals surface area contributed by atoms with Crippen LogP contribution in [0, 0.1) is 11.8 Å². The molecule has 2 aromatic rings. The lowest BCUT2D eigenvalue weighted by atomic mass is 9.72. The van der Waals surface area contributed by atoms with Crippen molar-refractivity contribution in [2.45, 2.75) is 38.7 Å². The van der Waals surface area contributed by atoms with Gasteiger partial charge >= 0.3 is 0 Å². The largest absolute Gasteiger partial charge is 0.384 e. The Bertz CT molecular complexity index is 578. The molecule has 1 aromatic carbocycles. The van der Waals surface area contributed by atoms with E-state index in [9.17, 15) is 5.11 Å². The van der Waals surface area contributed by atoms with Crippen LogP contribution in [-0.4, -0.2) is 14.9 Å². The van der Waals surface area contributed by atoms with Crippen LogP contribution in [-0.2, 0) is 5.60 Å². The molecular weight excluding hydrogens is 248 g/mol. The average molecular weight is 270 g/mol. The second-order valence-electron chi connectivity index (χ2n) is 6.19. The van der Waals surface area contributed by atoms with Gasteiger partial charge in [-0.15, -0.1) is 0 Å². The summed E-state index contributed by atoms with van der Waals surface area (Å²) in [5.74, 6) is 1.22. The first-order chi connectivity index (χ1) is 9.60. The summed E-state index contributed by atoms with van der Waals surface area (Å²) in [6, 6.07) is 12.0. The highest BCUT2D eigenvalue weighted by atomic mass is 16.3. The molecule has 0 spiro atoms. The highest BCUT2D eigenvalue weighted by molar-refractivity contribution is 5.34. The van der Waals surface area contributed by atoms with Crippen LogP contribution < -0.4 is 0 Å². The fourth-order valence-corrected chi connectivity index (χ4v) is 3.25. The molecule has 106 valence electrons. The predicted octanol–water partition coefficient (Wildman–Crippen LogP) is 3.52. The Morgan fingerprint density at radius 1 is 1.15 bits per heavy atom. The van der Waals surface area contributed by atoms with E-state index in [1.807, 2.05) is 41.1 Å². The van der Waals surface area contributed by atoms with Gasteiger partial charge in [0.05, 0.1) is 11.4 Å². The van der Waals surface area contributed by atoms with Crippen molar-refractivity contribution in [3.63, 3.8) is 0 Å². The fourth-order valence-electron chi connectivity index (χ4n) is 3.25. The Balaban J connectivity index is 1.98. The van der Waals surface area contributed by atoms with Gasteiger partial charge < -0.3 is 5.11 Å². The minimum absolute atomic E-state index is 0.535. The van der Waals surface area contributed by atoms with E-state index in [4.69, 9.17) is 0 Å². The Labute approximate surface area is 120 Å². The van der Waals surface area contributed by atoms with E-state index in [-0.39, 0.29) is 0 Å². The summed E-state index contributed by atoms with van der Waals surface area (Å²) < 4.78 is 1.88. The van der Waals surface area contributed by atoms with Crippen molar-refractivity contribution in [3.8, 4) is 5.69 Å². The minimum atomic E-state index is -0.752. The molecule has 0 radical (unpaired) electrons. The van der Waals surface area contributed by atoms with Crippen molar-refractivity contribution in [1.29, 1.82) is 0 Å². The summed E-state index contributed by atoms with van der Waals surface area (Å²) in [7, 11) is 0. The first kappa shape index (κ1) is 13.4. The summed E-state index contributed by atoms with van der Waals surface area (Å²) in [4.78, 5) is 0. The van der Waals surface area contributed by atoms with E-state index in [2.05, 4.69) is 18.9 Å². The summed E-state index contributed by atoms with van der Waals surface area (Å²) in [6.07, 6.45) is 4.48. The molecule has 3 rings (SSSR count). The van der Waals surface area contributed by atoms with Crippen LogP contribution >= 0.6 is 0 Å². The number of aromatic nitrogens is 2. The van der Waals surface area contributed by atoms with Gasteiger partial charge in [0.1, 0.15) is 5.60 Å². The molecule has 0 amide bonds. The van der Waals surface area contributed by atoms with Gasteiger partial charge in [-0.3, -0.25) is 0 Å². The SMILES string of the molecule is CC1CCC(O)(c2ccnn2-c2ccccc2)CC1C. The number of hydrogen-bond donors (Lipinski definition) is 1. The van der Waals surface area contributed by atoms with Crippen LogP contribution in [0.5, 0.6) is 0 Å². The Hall–Kier alpha value is -1.61. The van der Waals surface area contributed by atoms with Crippen LogP contribution in [0.2, 0.25) is 0 Å². The molecule has 3 unspecified atom stereocenters. The van der Waals surface area contributed by atoms with Crippen molar-refractivity contribution < 1.29 is 5.11 Å². The predicted molar refractivity (Wildman–Crippen MR) is 79.6 cm³/mol. The molecular formula is C17H22N2O. The lowest BCUT2D eigenvalue weighted by Gasteiger charge is -2.39. The molecule has 3 nitrogen and oxygen atoms in total. The second-order valence-corrected chi connectivity index (χ2v) is 6.19. The Morgan fingerprint density at radius 3 is 2.60 bits per heavy atom. The highest BCUT2D eigenvalue weighted by Gasteiger charge is 2.39. The van der Waals surface area contributed by atoms with Gasteiger partial charge in [0, 0.05) is 6.20 Å². The van der Waals surface area contributed by atoms with Gasteiger partial charge in [-0.05, 0) is 49.3 Å². The van der Waals surface area contributed by atoms with Crippen LogP contribution in [0.25, 0.3) is 5.69 Å². The average Bonchev–Trinajstić information content (AvgIpc) is 2.95. The maximum atomic E-state index is 11.1. The summed E-state index contributed by atoms with van der Waals surface area (Å²) in [5.41, 5.74) is 1.17. The molecule has 1 aliphatic carbocycles. The van der Waals surface area contributed by atoms with E-state index < -0.39 is 5.60 Å². The number of aliphatic hydroxyl groups is 1. The maximum absolute atomic E-state index is 11.1. The third-order valence-electron chi connectivity index (χ3n) is 4.76. The van der Waals surface area contributed by atoms with Gasteiger partial charge in [-0.2, -0.15) is 5.10 Å². The summed E-state index contributed by atoms with van der Waals surface area (Å²) in [6.45, 7) is 4.51. The number of rotatable bonds is 2. The standard InChI is InChI=1S/C17H22N2O/c1-13-8-10-17(20,12-14(13)2)16-9-11-18-19(16)15-6-4-3-5-7-15/h3-7,9,11,13-14,20H,8,10,12H2,1-2H3. The smallest absolute Gasteiger partial charge is 0.107 e. The molecule has 1 N–H and O–H groups in total. The van der Waals surface area contributed by atoms with Crippen LogP contribution in [0.4, 0.5) is 0 Å².